The Balaban J connectivity index is 3.39. The molecule has 0 fully saturated rings. The average Bonchev–Trinajstić information content (AvgIpc) is 1.59. The Hall–Kier alpha value is 0.300. The van der Waals surface area contributed by atoms with E-state index in [1.807, 2.05) is 0 Å². The molecular formula is C3H3Cl3O3. The standard InChI is InChI=1S/C3H3Cl3O3/c1-2(7)8-9-3(4,5)6/h1H3. The van der Waals surface area contributed by atoms with Gasteiger partial charge in [0.15, 0.2) is 0 Å². The Kier molecular flexibility index (Phi) is 3.58. The summed E-state index contributed by atoms with van der Waals surface area (Å²) in [5.74, 6) is -0.679. The summed E-state index contributed by atoms with van der Waals surface area (Å²) in [6.45, 7) is 1.12. The Morgan fingerprint density at radius 3 is 2.00 bits per heavy atom. The molecule has 6 heteroatoms. The van der Waals surface area contributed by atoms with Gasteiger partial charge in [0, 0.05) is 6.92 Å². The van der Waals surface area contributed by atoms with Crippen molar-refractivity contribution in [2.24, 2.45) is 0 Å². The van der Waals surface area contributed by atoms with E-state index in [1.54, 1.807) is 0 Å². The van der Waals surface area contributed by atoms with Crippen molar-refractivity contribution in [3.8, 4) is 0 Å². The van der Waals surface area contributed by atoms with Crippen LogP contribution in [0.15, 0.2) is 0 Å². The maximum absolute atomic E-state index is 9.97. The van der Waals surface area contributed by atoms with Crippen molar-refractivity contribution >= 4 is 40.8 Å². The summed E-state index contributed by atoms with van der Waals surface area (Å²) in [5.41, 5.74) is 0. The zero-order valence-electron chi connectivity index (χ0n) is 4.36. The Morgan fingerprint density at radius 1 is 1.44 bits per heavy atom. The van der Waals surface area contributed by atoms with Crippen molar-refractivity contribution in [1.29, 1.82) is 0 Å². The lowest BCUT2D eigenvalue weighted by Crippen LogP contribution is -2.11. The van der Waals surface area contributed by atoms with E-state index in [0.29, 0.717) is 0 Å². The van der Waals surface area contributed by atoms with Crippen molar-refractivity contribution < 1.29 is 14.6 Å². The smallest absolute Gasteiger partial charge is 0.294 e. The molecule has 0 aliphatic rings. The normalized spacial score (nSPS) is 11.1. The number of alkyl halides is 3. The first-order valence-electron chi connectivity index (χ1n) is 1.85. The largest absolute Gasteiger partial charge is 0.339 e. The molecule has 0 heterocycles. The average molecular weight is 193 g/mol. The third-order valence-electron chi connectivity index (χ3n) is 0.254. The quantitative estimate of drug-likeness (QED) is 0.362. The van der Waals surface area contributed by atoms with Gasteiger partial charge in [-0.1, -0.05) is 0 Å². The van der Waals surface area contributed by atoms with E-state index in [1.165, 1.54) is 0 Å². The van der Waals surface area contributed by atoms with E-state index in [0.717, 1.165) is 6.92 Å². The molecule has 0 aromatic heterocycles. The molecule has 0 aliphatic carbocycles. The van der Waals surface area contributed by atoms with Crippen LogP contribution in [0.5, 0.6) is 0 Å². The van der Waals surface area contributed by atoms with Gasteiger partial charge in [-0.15, -0.1) is 4.89 Å². The van der Waals surface area contributed by atoms with Gasteiger partial charge in [0.25, 0.3) is 0 Å². The third kappa shape index (κ3) is 8.30. The summed E-state index contributed by atoms with van der Waals surface area (Å²) < 4.78 is -1.99. The molecule has 54 valence electrons. The predicted octanol–water partition coefficient (Wildman–Crippen LogP) is 1.81. The van der Waals surface area contributed by atoms with E-state index in [2.05, 4.69) is 9.78 Å². The van der Waals surface area contributed by atoms with Crippen LogP contribution < -0.4 is 0 Å². The van der Waals surface area contributed by atoms with Crippen molar-refractivity contribution in [2.75, 3.05) is 0 Å². The highest BCUT2D eigenvalue weighted by atomic mass is 35.6. The van der Waals surface area contributed by atoms with Gasteiger partial charge in [0.1, 0.15) is 0 Å². The highest BCUT2D eigenvalue weighted by molar-refractivity contribution is 6.66. The van der Waals surface area contributed by atoms with Crippen LogP contribution in [0.25, 0.3) is 0 Å². The molecule has 0 aliphatic heterocycles. The lowest BCUT2D eigenvalue weighted by molar-refractivity contribution is -0.275. The molecule has 0 rings (SSSR count). The van der Waals surface area contributed by atoms with Crippen LogP contribution in [0.3, 0.4) is 0 Å². The number of carbonyl (C=O) groups excluding carboxylic acids is 1. The third-order valence-corrected chi connectivity index (χ3v) is 0.442. The molecule has 0 atom stereocenters. The summed E-state index contributed by atoms with van der Waals surface area (Å²) in [4.78, 5) is 17.8. The number of hydrogen-bond acceptors (Lipinski definition) is 3. The maximum Gasteiger partial charge on any atom is 0.339 e. The van der Waals surface area contributed by atoms with Crippen LogP contribution in [0.1, 0.15) is 6.92 Å². The van der Waals surface area contributed by atoms with Gasteiger partial charge in [-0.25, -0.2) is 4.79 Å². The lowest BCUT2D eigenvalue weighted by Gasteiger charge is -2.07. The first-order valence-corrected chi connectivity index (χ1v) is 2.98. The van der Waals surface area contributed by atoms with Crippen LogP contribution in [0, 0.1) is 0 Å². The fourth-order valence-corrected chi connectivity index (χ4v) is 0.200. The SMILES string of the molecule is CC(=O)OOC(Cl)(Cl)Cl. The van der Waals surface area contributed by atoms with Crippen molar-refractivity contribution in [3.63, 3.8) is 0 Å². The van der Waals surface area contributed by atoms with E-state index in [9.17, 15) is 4.79 Å². The summed E-state index contributed by atoms with van der Waals surface area (Å²) in [5, 5.41) is 0. The number of carbonyl (C=O) groups is 1. The number of halogens is 3. The summed E-state index contributed by atoms with van der Waals surface area (Å²) in [6.07, 6.45) is 0. The van der Waals surface area contributed by atoms with Crippen LogP contribution >= 0.6 is 34.8 Å². The zero-order valence-corrected chi connectivity index (χ0v) is 6.63. The lowest BCUT2D eigenvalue weighted by atomic mass is 10.8. The van der Waals surface area contributed by atoms with Gasteiger partial charge in [-0.2, -0.15) is 0 Å². The molecule has 0 saturated heterocycles. The highest BCUT2D eigenvalue weighted by Gasteiger charge is 2.23. The molecule has 0 radical (unpaired) electrons. The first-order chi connectivity index (χ1) is 3.92. The number of rotatable bonds is 1. The summed E-state index contributed by atoms with van der Waals surface area (Å²) in [6, 6.07) is 0. The monoisotopic (exact) mass is 192 g/mol. The minimum Gasteiger partial charge on any atom is -0.294 e. The Morgan fingerprint density at radius 2 is 1.89 bits per heavy atom. The molecular weight excluding hydrogens is 190 g/mol. The van der Waals surface area contributed by atoms with E-state index in [4.69, 9.17) is 34.8 Å². The Bertz CT molecular complexity index is 107. The predicted molar refractivity (Wildman–Crippen MR) is 33.1 cm³/mol. The molecule has 0 aromatic rings. The van der Waals surface area contributed by atoms with Crippen LogP contribution in [0.2, 0.25) is 0 Å². The molecule has 0 N–H and O–H groups in total. The van der Waals surface area contributed by atoms with Crippen molar-refractivity contribution in [2.45, 2.75) is 10.9 Å². The Labute approximate surface area is 66.7 Å². The molecule has 0 spiro atoms. The van der Waals surface area contributed by atoms with Gasteiger partial charge < -0.3 is 0 Å². The maximum atomic E-state index is 9.97. The fourth-order valence-electron chi connectivity index (χ4n) is 0.106. The van der Waals surface area contributed by atoms with Crippen molar-refractivity contribution in [3.05, 3.63) is 0 Å². The summed E-state index contributed by atoms with van der Waals surface area (Å²) >= 11 is 15.0. The van der Waals surface area contributed by atoms with Crippen LogP contribution in [-0.4, -0.2) is 9.95 Å². The highest BCUT2D eigenvalue weighted by Crippen LogP contribution is 2.27. The van der Waals surface area contributed by atoms with Gasteiger partial charge in [-0.05, 0) is 34.8 Å². The second-order valence-corrected chi connectivity index (χ2v) is 3.28. The second-order valence-electron chi connectivity index (χ2n) is 1.10. The molecule has 0 bridgehead atoms. The van der Waals surface area contributed by atoms with Crippen LogP contribution in [0.4, 0.5) is 0 Å². The molecule has 0 unspecified atom stereocenters. The van der Waals surface area contributed by atoms with Gasteiger partial charge in [0.05, 0.1) is 0 Å². The van der Waals surface area contributed by atoms with Crippen molar-refractivity contribution in [1.82, 2.24) is 0 Å². The molecule has 0 aromatic carbocycles. The molecule has 9 heavy (non-hydrogen) atoms. The first kappa shape index (κ1) is 9.30. The van der Waals surface area contributed by atoms with Gasteiger partial charge in [0.2, 0.25) is 0 Å². The molecule has 0 amide bonds. The van der Waals surface area contributed by atoms with E-state index < -0.39 is 9.95 Å². The summed E-state index contributed by atoms with van der Waals surface area (Å²) in [7, 11) is 0. The molecule has 0 saturated carbocycles. The van der Waals surface area contributed by atoms with Crippen LogP contribution in [-0.2, 0) is 14.6 Å². The van der Waals surface area contributed by atoms with E-state index >= 15 is 0 Å². The minimum absolute atomic E-state index is 0.679. The second kappa shape index (κ2) is 3.46. The van der Waals surface area contributed by atoms with Gasteiger partial charge >= 0.3 is 9.95 Å². The van der Waals surface area contributed by atoms with E-state index in [-0.39, 0.29) is 0 Å². The topological polar surface area (TPSA) is 35.5 Å². The zero-order chi connectivity index (χ0) is 7.49. The number of hydrogen-bond donors (Lipinski definition) is 0. The van der Waals surface area contributed by atoms with Gasteiger partial charge in [-0.3, -0.25) is 4.89 Å². The fraction of sp³-hybridized carbons (Fsp3) is 0.667. The minimum atomic E-state index is -1.99. The molecule has 3 nitrogen and oxygen atoms in total.